The molecule has 0 saturated carbocycles. The molecule has 4 rings (SSSR count). The predicted octanol–water partition coefficient (Wildman–Crippen LogP) is 6.75. The zero-order valence-electron chi connectivity index (χ0n) is 19.8. The lowest BCUT2D eigenvalue weighted by Crippen LogP contribution is -2.41. The summed E-state index contributed by atoms with van der Waals surface area (Å²) in [6.07, 6.45) is 4.82. The summed E-state index contributed by atoms with van der Waals surface area (Å²) in [5.41, 5.74) is 9.40. The molecule has 1 aliphatic rings. The van der Waals surface area contributed by atoms with Crippen LogP contribution in [0.1, 0.15) is 31.9 Å². The van der Waals surface area contributed by atoms with Gasteiger partial charge in [0.1, 0.15) is 12.2 Å². The van der Waals surface area contributed by atoms with Gasteiger partial charge in [0.2, 0.25) is 0 Å². The lowest BCUT2D eigenvalue weighted by atomic mass is 10.0. The van der Waals surface area contributed by atoms with E-state index in [-0.39, 0.29) is 5.04 Å². The van der Waals surface area contributed by atoms with Crippen LogP contribution >= 0.6 is 0 Å². The van der Waals surface area contributed by atoms with Crippen molar-refractivity contribution in [3.8, 4) is 11.1 Å². The van der Waals surface area contributed by atoms with E-state index >= 15 is 0 Å². The highest BCUT2D eigenvalue weighted by Gasteiger charge is 2.36. The minimum Gasteiger partial charge on any atom is -0.416 e. The van der Waals surface area contributed by atoms with E-state index < -0.39 is 8.32 Å². The number of benzene rings is 2. The Morgan fingerprint density at radius 2 is 1.78 bits per heavy atom. The third-order valence-electron chi connectivity index (χ3n) is 6.59. The summed E-state index contributed by atoms with van der Waals surface area (Å²) in [6, 6.07) is 19.0. The fourth-order valence-electron chi connectivity index (χ4n) is 3.55. The fraction of sp³-hybridized carbons (Fsp3) is 0.346. The number of aliphatic imine (C=N–C) groups is 1. The first kappa shape index (κ1) is 22.4. The van der Waals surface area contributed by atoms with Crippen LogP contribution in [0.2, 0.25) is 18.1 Å². The second-order valence-corrected chi connectivity index (χ2v) is 14.7. The van der Waals surface area contributed by atoms with Crippen LogP contribution in [-0.2, 0) is 17.4 Å². The Kier molecular flexibility index (Phi) is 6.26. The monoisotopic (exact) mass is 446 g/mol. The Hall–Kier alpha value is -2.83. The number of rotatable bonds is 7. The van der Waals surface area contributed by atoms with E-state index in [9.17, 15) is 0 Å². The standard InChI is InChI=1S/C26H34N4OSi/c1-26(2,3)32(4,5)31-16-15-20-11-13-22(14-12-20)29-30-18-24-23(17-27-25(24)28-19-30)21-9-7-6-8-10-21/h6-14,17,19,27,29H,15-16,18H2,1-5H3. The molecular weight excluding hydrogens is 412 g/mol. The molecule has 1 aliphatic heterocycles. The number of hydrogen-bond donors (Lipinski definition) is 2. The first-order chi connectivity index (χ1) is 15.2. The molecule has 2 aromatic carbocycles. The SMILES string of the molecule is CC(C)(C)[Si](C)(C)OCCc1ccc(NN2C=Nc3[nH]cc(-c4ccccc4)c3C2)cc1. The number of nitrogens with one attached hydrogen (secondary N) is 2. The Morgan fingerprint density at radius 3 is 2.47 bits per heavy atom. The maximum absolute atomic E-state index is 6.32. The van der Waals surface area contributed by atoms with Crippen LogP contribution in [-0.4, -0.2) is 31.3 Å². The molecule has 2 N–H and O–H groups in total. The summed E-state index contributed by atoms with van der Waals surface area (Å²) in [5, 5.41) is 2.27. The summed E-state index contributed by atoms with van der Waals surface area (Å²) < 4.78 is 6.32. The van der Waals surface area contributed by atoms with Crippen molar-refractivity contribution in [3.05, 3.63) is 71.9 Å². The summed E-state index contributed by atoms with van der Waals surface area (Å²) in [5.74, 6) is 0.930. The number of hydrazine groups is 1. The van der Waals surface area contributed by atoms with Crippen LogP contribution < -0.4 is 5.43 Å². The average Bonchev–Trinajstić information content (AvgIpc) is 3.18. The van der Waals surface area contributed by atoms with E-state index in [1.165, 1.54) is 22.3 Å². The second kappa shape index (κ2) is 8.96. The first-order valence-corrected chi connectivity index (χ1v) is 14.2. The first-order valence-electron chi connectivity index (χ1n) is 11.3. The Labute approximate surface area is 192 Å². The zero-order chi connectivity index (χ0) is 22.8. The quantitative estimate of drug-likeness (QED) is 0.395. The van der Waals surface area contributed by atoms with Crippen molar-refractivity contribution in [1.82, 2.24) is 9.99 Å². The van der Waals surface area contributed by atoms with Gasteiger partial charge in [-0.05, 0) is 47.8 Å². The average molecular weight is 447 g/mol. The van der Waals surface area contributed by atoms with Gasteiger partial charge in [0.15, 0.2) is 8.32 Å². The van der Waals surface area contributed by atoms with Crippen molar-refractivity contribution < 1.29 is 4.43 Å². The smallest absolute Gasteiger partial charge is 0.191 e. The van der Waals surface area contributed by atoms with Crippen molar-refractivity contribution >= 4 is 26.2 Å². The van der Waals surface area contributed by atoms with Gasteiger partial charge in [-0.1, -0.05) is 63.2 Å². The van der Waals surface area contributed by atoms with Gasteiger partial charge >= 0.3 is 0 Å². The molecule has 0 spiro atoms. The molecule has 32 heavy (non-hydrogen) atoms. The van der Waals surface area contributed by atoms with Crippen molar-refractivity contribution in [3.63, 3.8) is 0 Å². The molecule has 3 aromatic rings. The summed E-state index contributed by atoms with van der Waals surface area (Å²) >= 11 is 0. The second-order valence-electron chi connectivity index (χ2n) is 9.94. The number of fused-ring (bicyclic) bond motifs is 1. The highest BCUT2D eigenvalue weighted by Crippen LogP contribution is 2.36. The zero-order valence-corrected chi connectivity index (χ0v) is 20.8. The van der Waals surface area contributed by atoms with Crippen LogP contribution in [0.3, 0.4) is 0 Å². The van der Waals surface area contributed by atoms with Gasteiger partial charge in [0.05, 0.1) is 12.2 Å². The lowest BCUT2D eigenvalue weighted by molar-refractivity contribution is 0.292. The molecule has 0 fully saturated rings. The van der Waals surface area contributed by atoms with E-state index in [1.807, 2.05) is 23.6 Å². The van der Waals surface area contributed by atoms with E-state index in [0.29, 0.717) is 0 Å². The molecule has 0 aliphatic carbocycles. The largest absolute Gasteiger partial charge is 0.416 e. The maximum Gasteiger partial charge on any atom is 0.191 e. The van der Waals surface area contributed by atoms with Gasteiger partial charge in [-0.15, -0.1) is 0 Å². The minimum absolute atomic E-state index is 0.247. The number of hydrogen-bond acceptors (Lipinski definition) is 4. The molecule has 2 heterocycles. The molecule has 0 amide bonds. The minimum atomic E-state index is -1.69. The van der Waals surface area contributed by atoms with Crippen molar-refractivity contribution in [1.29, 1.82) is 0 Å². The van der Waals surface area contributed by atoms with Crippen molar-refractivity contribution in [2.45, 2.75) is 51.9 Å². The van der Waals surface area contributed by atoms with Crippen LogP contribution in [0.5, 0.6) is 0 Å². The third kappa shape index (κ3) is 4.97. The van der Waals surface area contributed by atoms with Gasteiger partial charge in [0.25, 0.3) is 0 Å². The fourth-order valence-corrected chi connectivity index (χ4v) is 4.60. The Morgan fingerprint density at radius 1 is 1.06 bits per heavy atom. The van der Waals surface area contributed by atoms with E-state index in [1.54, 1.807) is 0 Å². The molecule has 168 valence electrons. The van der Waals surface area contributed by atoms with Crippen LogP contribution in [0.4, 0.5) is 11.5 Å². The molecule has 0 saturated heterocycles. The molecule has 0 atom stereocenters. The van der Waals surface area contributed by atoms with Crippen LogP contribution in [0, 0.1) is 0 Å². The lowest BCUT2D eigenvalue weighted by Gasteiger charge is -2.36. The van der Waals surface area contributed by atoms with E-state index in [2.05, 4.69) is 97.8 Å². The van der Waals surface area contributed by atoms with Gasteiger partial charge < -0.3 is 9.41 Å². The number of H-pyrrole nitrogens is 1. The normalized spacial score (nSPS) is 13.8. The highest BCUT2D eigenvalue weighted by molar-refractivity contribution is 6.74. The predicted molar refractivity (Wildman–Crippen MR) is 137 cm³/mol. The molecule has 6 heteroatoms. The van der Waals surface area contributed by atoms with Gasteiger partial charge in [-0.25, -0.2) is 4.99 Å². The van der Waals surface area contributed by atoms with Gasteiger partial charge in [0, 0.05) is 23.9 Å². The van der Waals surface area contributed by atoms with Crippen LogP contribution in [0.15, 0.2) is 65.8 Å². The van der Waals surface area contributed by atoms with Crippen molar-refractivity contribution in [2.75, 3.05) is 12.0 Å². The van der Waals surface area contributed by atoms with E-state index in [0.717, 1.165) is 31.1 Å². The van der Waals surface area contributed by atoms with E-state index in [4.69, 9.17) is 4.43 Å². The molecule has 5 nitrogen and oxygen atoms in total. The molecule has 0 radical (unpaired) electrons. The molecule has 0 unspecified atom stereocenters. The summed E-state index contributed by atoms with van der Waals surface area (Å²) in [4.78, 5) is 7.88. The number of aromatic amines is 1. The topological polar surface area (TPSA) is 52.6 Å². The summed E-state index contributed by atoms with van der Waals surface area (Å²) in [6.45, 7) is 13.0. The Balaban J connectivity index is 1.35. The number of anilines is 1. The van der Waals surface area contributed by atoms with Gasteiger partial charge in [-0.3, -0.25) is 10.4 Å². The summed E-state index contributed by atoms with van der Waals surface area (Å²) in [7, 11) is -1.69. The third-order valence-corrected chi connectivity index (χ3v) is 11.1. The van der Waals surface area contributed by atoms with Crippen LogP contribution in [0.25, 0.3) is 11.1 Å². The number of nitrogens with zero attached hydrogens (tertiary/aromatic N) is 2. The number of aromatic nitrogens is 1. The highest BCUT2D eigenvalue weighted by atomic mass is 28.4. The Bertz CT molecular complexity index is 1070. The molecule has 0 bridgehead atoms. The molecular formula is C26H34N4OSi. The van der Waals surface area contributed by atoms with Crippen molar-refractivity contribution in [2.24, 2.45) is 4.99 Å². The molecule has 1 aromatic heterocycles. The van der Waals surface area contributed by atoms with Gasteiger partial charge in [-0.2, -0.15) is 0 Å². The maximum atomic E-state index is 6.32.